The number of nitrogens with zero attached hydrogens (tertiary/aromatic N) is 1. The summed E-state index contributed by atoms with van der Waals surface area (Å²) in [5, 5.41) is 2.90. The van der Waals surface area contributed by atoms with Crippen molar-refractivity contribution in [3.63, 3.8) is 0 Å². The van der Waals surface area contributed by atoms with E-state index in [1.807, 2.05) is 25.1 Å². The first-order chi connectivity index (χ1) is 8.54. The second kappa shape index (κ2) is 5.21. The van der Waals surface area contributed by atoms with Crippen molar-refractivity contribution in [1.82, 2.24) is 10.3 Å². The molecule has 0 bridgehead atoms. The normalized spacial score (nSPS) is 11.1. The quantitative estimate of drug-likeness (QED) is 0.901. The molecule has 0 fully saturated rings. The van der Waals surface area contributed by atoms with Gasteiger partial charge in [-0.15, -0.1) is 0 Å². The number of aryl methyl sites for hydroxylation is 1. The predicted molar refractivity (Wildman–Crippen MR) is 70.3 cm³/mol. The van der Waals surface area contributed by atoms with E-state index in [1.165, 1.54) is 0 Å². The largest absolute Gasteiger partial charge is 0.441 e. The van der Waals surface area contributed by atoms with Gasteiger partial charge in [0.05, 0.1) is 6.42 Å². The lowest BCUT2D eigenvalue weighted by Gasteiger charge is -2.07. The van der Waals surface area contributed by atoms with Gasteiger partial charge in [0, 0.05) is 13.5 Å². The number of aromatic nitrogens is 1. The van der Waals surface area contributed by atoms with Crippen LogP contribution in [-0.2, 0) is 11.2 Å². The van der Waals surface area contributed by atoms with Crippen molar-refractivity contribution in [1.29, 1.82) is 0 Å². The molecule has 0 radical (unpaired) electrons. The number of fused-ring (bicyclic) bond motifs is 1. The van der Waals surface area contributed by atoms with Gasteiger partial charge in [-0.05, 0) is 23.6 Å². The maximum atomic E-state index is 11.7. The lowest BCUT2D eigenvalue weighted by molar-refractivity contribution is -0.120. The third kappa shape index (κ3) is 3.09. The summed E-state index contributed by atoms with van der Waals surface area (Å²) in [5.74, 6) is 1.15. The minimum Gasteiger partial charge on any atom is -0.441 e. The molecule has 96 valence electrons. The van der Waals surface area contributed by atoms with Crippen molar-refractivity contribution in [2.75, 3.05) is 6.54 Å². The van der Waals surface area contributed by atoms with E-state index in [1.54, 1.807) is 0 Å². The van der Waals surface area contributed by atoms with Crippen molar-refractivity contribution in [3.8, 4) is 0 Å². The molecule has 1 heterocycles. The molecular formula is C14H18N2O2. The van der Waals surface area contributed by atoms with Crippen LogP contribution in [0.1, 0.15) is 25.3 Å². The van der Waals surface area contributed by atoms with Crippen LogP contribution in [0.15, 0.2) is 22.6 Å². The molecule has 18 heavy (non-hydrogen) atoms. The van der Waals surface area contributed by atoms with Crippen molar-refractivity contribution >= 4 is 17.0 Å². The van der Waals surface area contributed by atoms with Crippen molar-refractivity contribution < 1.29 is 9.21 Å². The highest BCUT2D eigenvalue weighted by atomic mass is 16.3. The Morgan fingerprint density at radius 2 is 2.22 bits per heavy atom. The number of carbonyl (C=O) groups excluding carboxylic acids is 1. The minimum absolute atomic E-state index is 0.0410. The van der Waals surface area contributed by atoms with Crippen LogP contribution in [0.3, 0.4) is 0 Å². The van der Waals surface area contributed by atoms with E-state index in [-0.39, 0.29) is 5.91 Å². The lowest BCUT2D eigenvalue weighted by Crippen LogP contribution is -2.28. The Hall–Kier alpha value is -1.84. The van der Waals surface area contributed by atoms with Crippen LogP contribution < -0.4 is 5.32 Å². The Morgan fingerprint density at radius 1 is 1.44 bits per heavy atom. The summed E-state index contributed by atoms with van der Waals surface area (Å²) in [5.41, 5.74) is 2.51. The predicted octanol–water partition coefficient (Wildman–Crippen LogP) is 2.45. The van der Waals surface area contributed by atoms with Gasteiger partial charge in [0.15, 0.2) is 11.5 Å². The van der Waals surface area contributed by atoms with Crippen LogP contribution >= 0.6 is 0 Å². The fraction of sp³-hybridized carbons (Fsp3) is 0.429. The molecular weight excluding hydrogens is 228 g/mol. The molecule has 1 N–H and O–H groups in total. The molecule has 0 atom stereocenters. The first-order valence-electron chi connectivity index (χ1n) is 6.17. The summed E-state index contributed by atoms with van der Waals surface area (Å²) >= 11 is 0. The van der Waals surface area contributed by atoms with E-state index < -0.39 is 0 Å². The number of amides is 1. The van der Waals surface area contributed by atoms with E-state index in [0.717, 1.165) is 16.7 Å². The van der Waals surface area contributed by atoms with Gasteiger partial charge in [-0.25, -0.2) is 4.98 Å². The van der Waals surface area contributed by atoms with E-state index in [0.29, 0.717) is 24.8 Å². The summed E-state index contributed by atoms with van der Waals surface area (Å²) in [7, 11) is 0. The van der Waals surface area contributed by atoms with E-state index >= 15 is 0 Å². The number of nitrogens with one attached hydrogen (secondary N) is 1. The zero-order valence-electron chi connectivity index (χ0n) is 11.0. The van der Waals surface area contributed by atoms with Gasteiger partial charge in [-0.3, -0.25) is 4.79 Å². The lowest BCUT2D eigenvalue weighted by atomic mass is 10.1. The number of oxazole rings is 1. The second-order valence-electron chi connectivity index (χ2n) is 4.91. The molecule has 0 unspecified atom stereocenters. The Morgan fingerprint density at radius 3 is 2.94 bits per heavy atom. The standard InChI is InChI=1S/C14H18N2O2/c1-9(2)8-15-14(17)7-11-4-5-12-13(6-11)18-10(3)16-12/h4-6,9H,7-8H2,1-3H3,(H,15,17). The number of benzene rings is 1. The van der Waals surface area contributed by atoms with Crippen LogP contribution in [0.25, 0.3) is 11.1 Å². The molecule has 1 aromatic carbocycles. The fourth-order valence-electron chi connectivity index (χ4n) is 1.76. The molecule has 1 aromatic heterocycles. The zero-order chi connectivity index (χ0) is 13.1. The molecule has 0 aliphatic carbocycles. The highest BCUT2D eigenvalue weighted by molar-refractivity contribution is 5.81. The fourth-order valence-corrected chi connectivity index (χ4v) is 1.76. The van der Waals surface area contributed by atoms with Crippen LogP contribution in [0.5, 0.6) is 0 Å². The SMILES string of the molecule is Cc1nc2ccc(CC(=O)NCC(C)C)cc2o1. The molecule has 0 saturated carbocycles. The molecule has 2 rings (SSSR count). The average molecular weight is 246 g/mol. The monoisotopic (exact) mass is 246 g/mol. The van der Waals surface area contributed by atoms with Crippen molar-refractivity contribution in [2.45, 2.75) is 27.2 Å². The van der Waals surface area contributed by atoms with Gasteiger partial charge in [0.1, 0.15) is 5.52 Å². The van der Waals surface area contributed by atoms with Crippen molar-refractivity contribution in [3.05, 3.63) is 29.7 Å². The van der Waals surface area contributed by atoms with E-state index in [9.17, 15) is 4.79 Å². The second-order valence-corrected chi connectivity index (χ2v) is 4.91. The van der Waals surface area contributed by atoms with Gasteiger partial charge < -0.3 is 9.73 Å². The van der Waals surface area contributed by atoms with Gasteiger partial charge in [0.25, 0.3) is 0 Å². The van der Waals surface area contributed by atoms with Crippen LogP contribution in [0, 0.1) is 12.8 Å². The molecule has 0 aliphatic heterocycles. The molecule has 0 spiro atoms. The third-order valence-corrected chi connectivity index (χ3v) is 2.63. The smallest absolute Gasteiger partial charge is 0.224 e. The van der Waals surface area contributed by atoms with Crippen LogP contribution in [-0.4, -0.2) is 17.4 Å². The topological polar surface area (TPSA) is 55.1 Å². The summed E-state index contributed by atoms with van der Waals surface area (Å²) in [4.78, 5) is 15.9. The summed E-state index contributed by atoms with van der Waals surface area (Å²) < 4.78 is 5.45. The van der Waals surface area contributed by atoms with Crippen LogP contribution in [0.4, 0.5) is 0 Å². The molecule has 1 amide bonds. The van der Waals surface area contributed by atoms with Crippen molar-refractivity contribution in [2.24, 2.45) is 5.92 Å². The summed E-state index contributed by atoms with van der Waals surface area (Å²) in [6, 6.07) is 5.68. The highest BCUT2D eigenvalue weighted by Gasteiger charge is 2.07. The highest BCUT2D eigenvalue weighted by Crippen LogP contribution is 2.17. The number of rotatable bonds is 4. The minimum atomic E-state index is 0.0410. The molecule has 4 nitrogen and oxygen atoms in total. The average Bonchev–Trinajstić information content (AvgIpc) is 2.66. The Kier molecular flexibility index (Phi) is 3.65. The van der Waals surface area contributed by atoms with Gasteiger partial charge in [0.2, 0.25) is 5.91 Å². The summed E-state index contributed by atoms with van der Waals surface area (Å²) in [6.45, 7) is 6.67. The maximum absolute atomic E-state index is 11.7. The Balaban J connectivity index is 2.05. The Labute approximate surface area is 106 Å². The van der Waals surface area contributed by atoms with Gasteiger partial charge in [-0.1, -0.05) is 19.9 Å². The molecule has 0 aliphatic rings. The van der Waals surface area contributed by atoms with E-state index in [2.05, 4.69) is 24.1 Å². The first-order valence-corrected chi connectivity index (χ1v) is 6.17. The third-order valence-electron chi connectivity index (χ3n) is 2.63. The summed E-state index contributed by atoms with van der Waals surface area (Å²) in [6.07, 6.45) is 0.377. The number of hydrogen-bond acceptors (Lipinski definition) is 3. The number of hydrogen-bond donors (Lipinski definition) is 1. The van der Waals surface area contributed by atoms with E-state index in [4.69, 9.17) is 4.42 Å². The first kappa shape index (κ1) is 12.6. The van der Waals surface area contributed by atoms with Gasteiger partial charge >= 0.3 is 0 Å². The molecule has 4 heteroatoms. The Bertz CT molecular complexity index is 558. The van der Waals surface area contributed by atoms with Crippen LogP contribution in [0.2, 0.25) is 0 Å². The molecule has 2 aromatic rings. The number of carbonyl (C=O) groups is 1. The molecule has 0 saturated heterocycles. The van der Waals surface area contributed by atoms with Gasteiger partial charge in [-0.2, -0.15) is 0 Å². The maximum Gasteiger partial charge on any atom is 0.224 e. The zero-order valence-corrected chi connectivity index (χ0v) is 11.0.